The molecule has 1 aliphatic heterocycles. The van der Waals surface area contributed by atoms with Crippen molar-refractivity contribution >= 4 is 23.4 Å². The molecule has 1 heterocycles. The molecule has 0 aromatic heterocycles. The summed E-state index contributed by atoms with van der Waals surface area (Å²) in [6.45, 7) is 6.71. The zero-order valence-electron chi connectivity index (χ0n) is 15.3. The fourth-order valence-electron chi connectivity index (χ4n) is 2.78. The molecule has 2 rings (SSSR count). The van der Waals surface area contributed by atoms with Crippen LogP contribution >= 0.6 is 0 Å². The standard InChI is InChI=1S/C18H27N3O4/c1-18(2,3)25-17(23)21-9-5-6-13(11-21)20-15-10-12(19)7-8-14(15)16(22)24-4/h7-8,10,13,20H,5-6,9,11,19H2,1-4H3. The van der Waals surface area contributed by atoms with E-state index in [0.717, 1.165) is 12.8 Å². The number of rotatable bonds is 3. The van der Waals surface area contributed by atoms with Crippen LogP contribution in [0, 0.1) is 0 Å². The van der Waals surface area contributed by atoms with E-state index >= 15 is 0 Å². The van der Waals surface area contributed by atoms with Crippen LogP contribution in [-0.2, 0) is 9.47 Å². The van der Waals surface area contributed by atoms with E-state index in [1.165, 1.54) is 7.11 Å². The van der Waals surface area contributed by atoms with Gasteiger partial charge in [0.25, 0.3) is 0 Å². The smallest absolute Gasteiger partial charge is 0.410 e. The van der Waals surface area contributed by atoms with E-state index < -0.39 is 11.6 Å². The molecular formula is C18H27N3O4. The predicted molar refractivity (Wildman–Crippen MR) is 96.6 cm³/mol. The van der Waals surface area contributed by atoms with Crippen molar-refractivity contribution in [1.29, 1.82) is 0 Å². The van der Waals surface area contributed by atoms with Crippen molar-refractivity contribution in [1.82, 2.24) is 4.90 Å². The third kappa shape index (κ3) is 5.27. The molecule has 0 saturated carbocycles. The third-order valence-electron chi connectivity index (χ3n) is 3.88. The lowest BCUT2D eigenvalue weighted by atomic mass is 10.0. The molecule has 25 heavy (non-hydrogen) atoms. The molecule has 138 valence electrons. The first-order valence-electron chi connectivity index (χ1n) is 8.42. The maximum Gasteiger partial charge on any atom is 0.410 e. The second-order valence-corrected chi connectivity index (χ2v) is 7.21. The van der Waals surface area contributed by atoms with Crippen LogP contribution in [0.3, 0.4) is 0 Å². The summed E-state index contributed by atoms with van der Waals surface area (Å²) < 4.78 is 10.3. The van der Waals surface area contributed by atoms with Crippen LogP contribution in [0.15, 0.2) is 18.2 Å². The van der Waals surface area contributed by atoms with Gasteiger partial charge in [-0.05, 0) is 51.8 Å². The van der Waals surface area contributed by atoms with Crippen LogP contribution < -0.4 is 11.1 Å². The van der Waals surface area contributed by atoms with Crippen LogP contribution in [0.25, 0.3) is 0 Å². The largest absolute Gasteiger partial charge is 0.465 e. The lowest BCUT2D eigenvalue weighted by molar-refractivity contribution is 0.0206. The number of likely N-dealkylation sites (tertiary alicyclic amines) is 1. The Morgan fingerprint density at radius 2 is 2.04 bits per heavy atom. The highest BCUT2D eigenvalue weighted by molar-refractivity contribution is 5.96. The number of ether oxygens (including phenoxy) is 2. The van der Waals surface area contributed by atoms with Crippen LogP contribution in [-0.4, -0.2) is 48.8 Å². The molecule has 1 amide bonds. The molecule has 0 aliphatic carbocycles. The molecule has 1 aliphatic rings. The van der Waals surface area contributed by atoms with Crippen molar-refractivity contribution in [2.45, 2.75) is 45.3 Å². The fraction of sp³-hybridized carbons (Fsp3) is 0.556. The van der Waals surface area contributed by atoms with Gasteiger partial charge in [0.15, 0.2) is 0 Å². The summed E-state index contributed by atoms with van der Waals surface area (Å²) in [5.74, 6) is -0.428. The number of carbonyl (C=O) groups is 2. The van der Waals surface area contributed by atoms with Gasteiger partial charge in [-0.1, -0.05) is 0 Å². The van der Waals surface area contributed by atoms with E-state index in [1.54, 1.807) is 23.1 Å². The molecule has 0 bridgehead atoms. The van der Waals surface area contributed by atoms with Gasteiger partial charge in [0, 0.05) is 24.8 Å². The number of nitrogens with two attached hydrogens (primary N) is 1. The number of nitrogen functional groups attached to an aromatic ring is 1. The first-order valence-corrected chi connectivity index (χ1v) is 8.42. The number of anilines is 2. The van der Waals surface area contributed by atoms with E-state index in [9.17, 15) is 9.59 Å². The number of methoxy groups -OCH3 is 1. The Bertz CT molecular complexity index is 640. The Labute approximate surface area is 148 Å². The van der Waals surface area contributed by atoms with Crippen LogP contribution in [0.2, 0.25) is 0 Å². The van der Waals surface area contributed by atoms with Crippen molar-refractivity contribution in [2.75, 3.05) is 31.2 Å². The Morgan fingerprint density at radius 1 is 1.32 bits per heavy atom. The van der Waals surface area contributed by atoms with Crippen molar-refractivity contribution in [3.05, 3.63) is 23.8 Å². The first kappa shape index (κ1) is 18.9. The van der Waals surface area contributed by atoms with Gasteiger partial charge in [-0.3, -0.25) is 0 Å². The first-order chi connectivity index (χ1) is 11.7. The maximum absolute atomic E-state index is 12.3. The van der Waals surface area contributed by atoms with Gasteiger partial charge in [-0.2, -0.15) is 0 Å². The highest BCUT2D eigenvalue weighted by Gasteiger charge is 2.28. The van der Waals surface area contributed by atoms with Gasteiger partial charge in [-0.15, -0.1) is 0 Å². The average molecular weight is 349 g/mol. The molecule has 1 unspecified atom stereocenters. The zero-order valence-corrected chi connectivity index (χ0v) is 15.3. The molecule has 1 fully saturated rings. The van der Waals surface area contributed by atoms with E-state index in [-0.39, 0.29) is 12.1 Å². The second-order valence-electron chi connectivity index (χ2n) is 7.21. The molecule has 1 aromatic carbocycles. The summed E-state index contributed by atoms with van der Waals surface area (Å²) in [5.41, 5.74) is 6.91. The van der Waals surface area contributed by atoms with Crippen molar-refractivity contribution in [2.24, 2.45) is 0 Å². The van der Waals surface area contributed by atoms with Gasteiger partial charge in [0.05, 0.1) is 18.4 Å². The minimum absolute atomic E-state index is 0.00599. The van der Waals surface area contributed by atoms with E-state index in [4.69, 9.17) is 15.2 Å². The second kappa shape index (κ2) is 7.63. The molecule has 0 radical (unpaired) electrons. The minimum Gasteiger partial charge on any atom is -0.465 e. The summed E-state index contributed by atoms with van der Waals surface area (Å²) in [5, 5.41) is 3.32. The van der Waals surface area contributed by atoms with Gasteiger partial charge in [0.1, 0.15) is 5.60 Å². The number of benzene rings is 1. The highest BCUT2D eigenvalue weighted by atomic mass is 16.6. The number of esters is 1. The molecule has 1 saturated heterocycles. The number of amides is 1. The van der Waals surface area contributed by atoms with E-state index in [2.05, 4.69) is 5.32 Å². The van der Waals surface area contributed by atoms with Crippen LogP contribution in [0.1, 0.15) is 44.0 Å². The van der Waals surface area contributed by atoms with E-state index in [0.29, 0.717) is 30.0 Å². The lowest BCUT2D eigenvalue weighted by Crippen LogP contribution is -2.47. The SMILES string of the molecule is COC(=O)c1ccc(N)cc1NC1CCCN(C(=O)OC(C)(C)C)C1. The number of hydrogen-bond acceptors (Lipinski definition) is 6. The average Bonchev–Trinajstić information content (AvgIpc) is 2.53. The number of piperidine rings is 1. The molecule has 0 spiro atoms. The third-order valence-corrected chi connectivity index (χ3v) is 3.88. The van der Waals surface area contributed by atoms with Crippen molar-refractivity contribution < 1.29 is 19.1 Å². The number of carbonyl (C=O) groups excluding carboxylic acids is 2. The lowest BCUT2D eigenvalue weighted by Gasteiger charge is -2.35. The predicted octanol–water partition coefficient (Wildman–Crippen LogP) is 2.87. The van der Waals surface area contributed by atoms with Crippen molar-refractivity contribution in [3.8, 4) is 0 Å². The molecular weight excluding hydrogens is 322 g/mol. The Hall–Kier alpha value is -2.44. The Balaban J connectivity index is 2.09. The molecule has 1 atom stereocenters. The Morgan fingerprint density at radius 3 is 2.68 bits per heavy atom. The molecule has 7 heteroatoms. The number of hydrogen-bond donors (Lipinski definition) is 2. The topological polar surface area (TPSA) is 93.9 Å². The zero-order chi connectivity index (χ0) is 18.6. The maximum atomic E-state index is 12.3. The number of nitrogens with zero attached hydrogens (tertiary/aromatic N) is 1. The minimum atomic E-state index is -0.524. The normalized spacial score (nSPS) is 17.8. The highest BCUT2D eigenvalue weighted by Crippen LogP contribution is 2.24. The number of nitrogens with one attached hydrogen (secondary N) is 1. The molecule has 3 N–H and O–H groups in total. The summed E-state index contributed by atoms with van der Waals surface area (Å²) >= 11 is 0. The van der Waals surface area contributed by atoms with Crippen LogP contribution in [0.4, 0.5) is 16.2 Å². The Kier molecular flexibility index (Phi) is 5.77. The summed E-state index contributed by atoms with van der Waals surface area (Å²) in [6.07, 6.45) is 1.42. The van der Waals surface area contributed by atoms with Gasteiger partial charge in [-0.25, -0.2) is 9.59 Å². The monoisotopic (exact) mass is 349 g/mol. The molecule has 7 nitrogen and oxygen atoms in total. The summed E-state index contributed by atoms with van der Waals surface area (Å²) in [7, 11) is 1.34. The fourth-order valence-corrected chi connectivity index (χ4v) is 2.78. The van der Waals surface area contributed by atoms with Crippen molar-refractivity contribution in [3.63, 3.8) is 0 Å². The van der Waals surface area contributed by atoms with Gasteiger partial charge in [0.2, 0.25) is 0 Å². The van der Waals surface area contributed by atoms with Crippen LogP contribution in [0.5, 0.6) is 0 Å². The summed E-state index contributed by atoms with van der Waals surface area (Å²) in [4.78, 5) is 25.9. The van der Waals surface area contributed by atoms with Gasteiger partial charge < -0.3 is 25.4 Å². The van der Waals surface area contributed by atoms with Gasteiger partial charge >= 0.3 is 12.1 Å². The summed E-state index contributed by atoms with van der Waals surface area (Å²) in [6, 6.07) is 5.01. The quantitative estimate of drug-likeness (QED) is 0.644. The molecule has 1 aromatic rings. The van der Waals surface area contributed by atoms with E-state index in [1.807, 2.05) is 20.8 Å².